The maximum Gasteiger partial charge on any atom is 0.251 e. The number of anilines is 1. The summed E-state index contributed by atoms with van der Waals surface area (Å²) in [4.78, 5) is 14.8. The van der Waals surface area contributed by atoms with Crippen LogP contribution in [0.1, 0.15) is 35.2 Å². The van der Waals surface area contributed by atoms with Crippen LogP contribution >= 0.6 is 24.8 Å². The summed E-state index contributed by atoms with van der Waals surface area (Å²) in [6, 6.07) is 6.32. The summed E-state index contributed by atoms with van der Waals surface area (Å²) in [5, 5.41) is 6.59. The van der Waals surface area contributed by atoms with Gasteiger partial charge in [-0.3, -0.25) is 4.79 Å². The number of hydrogen-bond donors (Lipinski definition) is 2. The summed E-state index contributed by atoms with van der Waals surface area (Å²) in [5.41, 5.74) is 3.17. The third kappa shape index (κ3) is 4.28. The molecule has 0 radical (unpaired) electrons. The van der Waals surface area contributed by atoms with Crippen LogP contribution in [0.15, 0.2) is 18.2 Å². The van der Waals surface area contributed by atoms with Gasteiger partial charge in [-0.1, -0.05) is 6.07 Å². The van der Waals surface area contributed by atoms with Crippen LogP contribution in [0.5, 0.6) is 0 Å². The van der Waals surface area contributed by atoms with Gasteiger partial charge in [-0.05, 0) is 63.5 Å². The Kier molecular flexibility index (Phi) is 7.46. The molecular weight excluding hydrogens is 321 g/mol. The second-order valence-corrected chi connectivity index (χ2v) is 5.91. The van der Waals surface area contributed by atoms with Crippen molar-refractivity contribution >= 4 is 36.4 Å². The quantitative estimate of drug-likeness (QED) is 0.866. The van der Waals surface area contributed by atoms with E-state index in [1.165, 1.54) is 5.56 Å². The van der Waals surface area contributed by atoms with Crippen molar-refractivity contribution in [3.63, 3.8) is 0 Å². The first-order valence-electron chi connectivity index (χ1n) is 7.59. The van der Waals surface area contributed by atoms with Crippen LogP contribution in [-0.2, 0) is 6.42 Å². The van der Waals surface area contributed by atoms with Crippen molar-refractivity contribution in [1.82, 2.24) is 10.2 Å². The molecule has 0 aromatic heterocycles. The molecule has 0 saturated carbocycles. The zero-order valence-electron chi connectivity index (χ0n) is 12.9. The largest absolute Gasteiger partial charge is 0.385 e. The van der Waals surface area contributed by atoms with Gasteiger partial charge in [0.15, 0.2) is 0 Å². The van der Waals surface area contributed by atoms with E-state index >= 15 is 0 Å². The number of amides is 1. The molecule has 22 heavy (non-hydrogen) atoms. The summed E-state index contributed by atoms with van der Waals surface area (Å²) in [5.74, 6) is 0.0973. The fraction of sp³-hybridized carbons (Fsp3) is 0.562. The average molecular weight is 346 g/mol. The fourth-order valence-corrected chi connectivity index (χ4v) is 3.14. The lowest BCUT2D eigenvalue weighted by Crippen LogP contribution is -2.43. The highest BCUT2D eigenvalue weighted by molar-refractivity contribution is 5.97. The van der Waals surface area contributed by atoms with Crippen molar-refractivity contribution in [2.45, 2.75) is 31.7 Å². The van der Waals surface area contributed by atoms with E-state index in [-0.39, 0.29) is 30.7 Å². The van der Waals surface area contributed by atoms with Crippen LogP contribution < -0.4 is 10.6 Å². The van der Waals surface area contributed by atoms with E-state index in [1.807, 2.05) is 12.1 Å². The van der Waals surface area contributed by atoms with E-state index in [0.29, 0.717) is 6.04 Å². The molecule has 2 N–H and O–H groups in total. The van der Waals surface area contributed by atoms with Crippen molar-refractivity contribution in [3.8, 4) is 0 Å². The summed E-state index contributed by atoms with van der Waals surface area (Å²) in [6.07, 6.45) is 4.20. The minimum Gasteiger partial charge on any atom is -0.385 e. The van der Waals surface area contributed by atoms with E-state index < -0.39 is 0 Å². The summed E-state index contributed by atoms with van der Waals surface area (Å²) >= 11 is 0. The van der Waals surface area contributed by atoms with E-state index in [2.05, 4.69) is 28.6 Å². The Morgan fingerprint density at radius 3 is 2.73 bits per heavy atom. The Labute approximate surface area is 144 Å². The highest BCUT2D eigenvalue weighted by atomic mass is 35.5. The number of fused-ring (bicyclic) bond motifs is 1. The molecule has 1 aromatic carbocycles. The van der Waals surface area contributed by atoms with Crippen molar-refractivity contribution < 1.29 is 4.79 Å². The van der Waals surface area contributed by atoms with Gasteiger partial charge in [0.05, 0.1) is 0 Å². The number of halogens is 2. The molecule has 0 aliphatic carbocycles. The van der Waals surface area contributed by atoms with Gasteiger partial charge in [0.1, 0.15) is 0 Å². The standard InChI is InChI=1S/C16H23N3O.2ClH/c1-19-10-7-12(8-11-19)18-16(20)14-4-2-6-15-13(14)5-3-9-17-15;;/h2,4,6,12,17H,3,5,7-11H2,1H3,(H,18,20);2*1H. The van der Waals surface area contributed by atoms with Gasteiger partial charge in [0, 0.05) is 23.8 Å². The highest BCUT2D eigenvalue weighted by Gasteiger charge is 2.22. The Morgan fingerprint density at radius 2 is 2.00 bits per heavy atom. The molecule has 1 fully saturated rings. The van der Waals surface area contributed by atoms with Crippen LogP contribution in [0.2, 0.25) is 0 Å². The maximum atomic E-state index is 12.5. The lowest BCUT2D eigenvalue weighted by molar-refractivity contribution is 0.0916. The smallest absolute Gasteiger partial charge is 0.251 e. The van der Waals surface area contributed by atoms with E-state index in [4.69, 9.17) is 0 Å². The van der Waals surface area contributed by atoms with E-state index in [1.54, 1.807) is 0 Å². The average Bonchev–Trinajstić information content (AvgIpc) is 2.49. The van der Waals surface area contributed by atoms with Gasteiger partial charge in [0.2, 0.25) is 0 Å². The molecule has 2 heterocycles. The first kappa shape index (κ1) is 19.1. The van der Waals surface area contributed by atoms with Crippen molar-refractivity contribution in [1.29, 1.82) is 0 Å². The Morgan fingerprint density at radius 1 is 1.27 bits per heavy atom. The molecular formula is C16H25Cl2N3O. The molecule has 1 saturated heterocycles. The maximum absolute atomic E-state index is 12.5. The van der Waals surface area contributed by atoms with Crippen molar-refractivity contribution in [3.05, 3.63) is 29.3 Å². The summed E-state index contributed by atoms with van der Waals surface area (Å²) in [7, 11) is 2.14. The third-order valence-corrected chi connectivity index (χ3v) is 4.39. The molecule has 0 spiro atoms. The first-order chi connectivity index (χ1) is 9.74. The molecule has 1 aromatic rings. The second-order valence-electron chi connectivity index (χ2n) is 5.91. The molecule has 2 aliphatic heterocycles. The Hall–Kier alpha value is -0.970. The molecule has 4 nitrogen and oxygen atoms in total. The molecule has 124 valence electrons. The van der Waals surface area contributed by atoms with E-state index in [9.17, 15) is 4.79 Å². The highest BCUT2D eigenvalue weighted by Crippen LogP contribution is 2.25. The summed E-state index contributed by atoms with van der Waals surface area (Å²) in [6.45, 7) is 3.14. The van der Waals surface area contributed by atoms with Crippen LogP contribution in [0, 0.1) is 0 Å². The van der Waals surface area contributed by atoms with Crippen molar-refractivity contribution in [2.75, 3.05) is 32.0 Å². The molecule has 2 aliphatic rings. The van der Waals surface area contributed by atoms with Gasteiger partial charge >= 0.3 is 0 Å². The van der Waals surface area contributed by atoms with Crippen molar-refractivity contribution in [2.24, 2.45) is 0 Å². The number of carbonyl (C=O) groups excluding carboxylic acids is 1. The van der Waals surface area contributed by atoms with Crippen LogP contribution in [-0.4, -0.2) is 43.5 Å². The SMILES string of the molecule is CN1CCC(NC(=O)c2cccc3c2CCCN3)CC1.Cl.Cl. The Balaban J connectivity index is 0.00000121. The second kappa shape index (κ2) is 8.61. The number of nitrogens with one attached hydrogen (secondary N) is 2. The molecule has 3 rings (SSSR count). The van der Waals surface area contributed by atoms with Gasteiger partial charge < -0.3 is 15.5 Å². The zero-order valence-corrected chi connectivity index (χ0v) is 14.6. The minimum absolute atomic E-state index is 0. The topological polar surface area (TPSA) is 44.4 Å². The minimum atomic E-state index is 0. The number of piperidine rings is 1. The molecule has 0 unspecified atom stereocenters. The van der Waals surface area contributed by atoms with Gasteiger partial charge in [-0.15, -0.1) is 24.8 Å². The fourth-order valence-electron chi connectivity index (χ4n) is 3.14. The normalized spacial score (nSPS) is 18.2. The lowest BCUT2D eigenvalue weighted by Gasteiger charge is -2.30. The number of hydrogen-bond acceptors (Lipinski definition) is 3. The number of likely N-dealkylation sites (tertiary alicyclic amines) is 1. The molecule has 6 heteroatoms. The zero-order chi connectivity index (χ0) is 13.9. The van der Waals surface area contributed by atoms with Gasteiger partial charge in [-0.25, -0.2) is 0 Å². The third-order valence-electron chi connectivity index (χ3n) is 4.39. The van der Waals surface area contributed by atoms with E-state index in [0.717, 1.165) is 56.6 Å². The molecule has 0 bridgehead atoms. The van der Waals surface area contributed by atoms with Crippen LogP contribution in [0.3, 0.4) is 0 Å². The van der Waals surface area contributed by atoms with Gasteiger partial charge in [0.25, 0.3) is 5.91 Å². The predicted octanol–water partition coefficient (Wildman–Crippen LogP) is 2.71. The number of carbonyl (C=O) groups is 1. The number of rotatable bonds is 2. The number of benzene rings is 1. The predicted molar refractivity (Wildman–Crippen MR) is 95.7 cm³/mol. The summed E-state index contributed by atoms with van der Waals surface area (Å²) < 4.78 is 0. The van der Waals surface area contributed by atoms with Crippen LogP contribution in [0.25, 0.3) is 0 Å². The van der Waals surface area contributed by atoms with Crippen LogP contribution in [0.4, 0.5) is 5.69 Å². The number of nitrogens with zero attached hydrogens (tertiary/aromatic N) is 1. The van der Waals surface area contributed by atoms with Gasteiger partial charge in [-0.2, -0.15) is 0 Å². The Bertz CT molecular complexity index is 502. The molecule has 1 amide bonds. The lowest BCUT2D eigenvalue weighted by atomic mass is 9.96. The monoisotopic (exact) mass is 345 g/mol. The molecule has 0 atom stereocenters. The first-order valence-corrected chi connectivity index (χ1v) is 7.59.